The maximum atomic E-state index is 12.1. The van der Waals surface area contributed by atoms with Crippen molar-refractivity contribution >= 4 is 5.78 Å². The lowest BCUT2D eigenvalue weighted by Crippen LogP contribution is -2.47. The van der Waals surface area contributed by atoms with Gasteiger partial charge in [-0.3, -0.25) is 9.69 Å². The van der Waals surface area contributed by atoms with Crippen LogP contribution in [0.5, 0.6) is 0 Å². The molecule has 0 amide bonds. The van der Waals surface area contributed by atoms with E-state index in [2.05, 4.69) is 6.92 Å². The largest absolute Gasteiger partial charge is 0.391 e. The number of aliphatic hydroxyl groups excluding tert-OH is 1. The van der Waals surface area contributed by atoms with E-state index in [4.69, 9.17) is 0 Å². The van der Waals surface area contributed by atoms with Gasteiger partial charge in [-0.2, -0.15) is 0 Å². The number of aliphatic hydroxyl groups is 1. The second kappa shape index (κ2) is 9.29. The van der Waals surface area contributed by atoms with Crippen LogP contribution in [0, 0.1) is 5.92 Å². The first-order chi connectivity index (χ1) is 8.45. The molecular weight excluding hydrogens is 226 g/mol. The maximum Gasteiger partial charge on any atom is 0.152 e. The fourth-order valence-corrected chi connectivity index (χ4v) is 2.08. The van der Waals surface area contributed by atoms with Gasteiger partial charge in [0.15, 0.2) is 5.78 Å². The van der Waals surface area contributed by atoms with E-state index in [1.807, 2.05) is 45.0 Å². The SMILES string of the molecule is C/C=C/C[C@@H](C)[C@@H](O)[C@H](C(=O)CCCC)N(C)C. The Morgan fingerprint density at radius 3 is 2.44 bits per heavy atom. The van der Waals surface area contributed by atoms with Gasteiger partial charge >= 0.3 is 0 Å². The van der Waals surface area contributed by atoms with Crippen LogP contribution in [0.2, 0.25) is 0 Å². The highest BCUT2D eigenvalue weighted by Gasteiger charge is 2.31. The number of carbonyl (C=O) groups is 1. The summed E-state index contributed by atoms with van der Waals surface area (Å²) < 4.78 is 0. The molecule has 0 spiro atoms. The van der Waals surface area contributed by atoms with Crippen molar-refractivity contribution in [3.05, 3.63) is 12.2 Å². The molecule has 0 heterocycles. The molecule has 0 radical (unpaired) electrons. The van der Waals surface area contributed by atoms with E-state index >= 15 is 0 Å². The molecule has 0 aliphatic rings. The van der Waals surface area contributed by atoms with Crippen LogP contribution in [0.15, 0.2) is 12.2 Å². The monoisotopic (exact) mass is 255 g/mol. The molecule has 0 saturated heterocycles. The number of hydrogen-bond acceptors (Lipinski definition) is 3. The second-order valence-corrected chi connectivity index (χ2v) is 5.25. The predicted molar refractivity (Wildman–Crippen MR) is 76.6 cm³/mol. The highest BCUT2D eigenvalue weighted by Crippen LogP contribution is 2.18. The molecule has 3 atom stereocenters. The fourth-order valence-electron chi connectivity index (χ4n) is 2.08. The van der Waals surface area contributed by atoms with Gasteiger partial charge in [-0.1, -0.05) is 32.4 Å². The summed E-state index contributed by atoms with van der Waals surface area (Å²) in [6.07, 6.45) is 6.70. The van der Waals surface area contributed by atoms with Crippen LogP contribution in [0.1, 0.15) is 46.5 Å². The zero-order chi connectivity index (χ0) is 14.1. The predicted octanol–water partition coefficient (Wildman–Crippen LogP) is 2.64. The van der Waals surface area contributed by atoms with E-state index in [-0.39, 0.29) is 17.7 Å². The Hall–Kier alpha value is -0.670. The van der Waals surface area contributed by atoms with Gasteiger partial charge in [-0.25, -0.2) is 0 Å². The molecule has 3 heteroatoms. The highest BCUT2D eigenvalue weighted by molar-refractivity contribution is 5.84. The number of unbranched alkanes of at least 4 members (excludes halogenated alkanes) is 1. The van der Waals surface area contributed by atoms with Gasteiger partial charge in [0.2, 0.25) is 0 Å². The van der Waals surface area contributed by atoms with E-state index in [0.717, 1.165) is 19.3 Å². The van der Waals surface area contributed by atoms with Gasteiger partial charge in [0.25, 0.3) is 0 Å². The summed E-state index contributed by atoms with van der Waals surface area (Å²) in [7, 11) is 3.72. The van der Waals surface area contributed by atoms with Crippen molar-refractivity contribution in [1.29, 1.82) is 0 Å². The van der Waals surface area contributed by atoms with Crippen molar-refractivity contribution in [1.82, 2.24) is 4.90 Å². The minimum atomic E-state index is -0.597. The van der Waals surface area contributed by atoms with E-state index in [9.17, 15) is 9.90 Å². The van der Waals surface area contributed by atoms with Crippen LogP contribution in [-0.4, -0.2) is 42.0 Å². The van der Waals surface area contributed by atoms with Crippen molar-refractivity contribution in [2.24, 2.45) is 5.92 Å². The molecule has 106 valence electrons. The van der Waals surface area contributed by atoms with Crippen LogP contribution in [0.4, 0.5) is 0 Å². The molecule has 0 fully saturated rings. The quantitative estimate of drug-likeness (QED) is 0.644. The Labute approximate surface area is 112 Å². The van der Waals surface area contributed by atoms with Gasteiger partial charge in [0.05, 0.1) is 12.1 Å². The lowest BCUT2D eigenvalue weighted by atomic mass is 9.90. The minimum Gasteiger partial charge on any atom is -0.391 e. The molecular formula is C15H29NO2. The standard InChI is InChI=1S/C15H29NO2/c1-6-8-10-12(3)15(18)14(16(4)5)13(17)11-9-7-2/h6,8,12,14-15,18H,7,9-11H2,1-5H3/b8-6+/t12-,14+,15-/m1/s1. The zero-order valence-corrected chi connectivity index (χ0v) is 12.5. The van der Waals surface area contributed by atoms with Crippen molar-refractivity contribution in [2.75, 3.05) is 14.1 Å². The number of ketones is 1. The van der Waals surface area contributed by atoms with Crippen LogP contribution in [0.3, 0.4) is 0 Å². The summed E-state index contributed by atoms with van der Waals surface area (Å²) in [6.45, 7) is 6.03. The molecule has 0 aromatic rings. The number of nitrogens with zero attached hydrogens (tertiary/aromatic N) is 1. The average molecular weight is 255 g/mol. The molecule has 3 nitrogen and oxygen atoms in total. The zero-order valence-electron chi connectivity index (χ0n) is 12.5. The topological polar surface area (TPSA) is 40.5 Å². The smallest absolute Gasteiger partial charge is 0.152 e. The van der Waals surface area contributed by atoms with E-state index in [0.29, 0.717) is 6.42 Å². The van der Waals surface area contributed by atoms with Gasteiger partial charge in [-0.05, 0) is 39.8 Å². The summed E-state index contributed by atoms with van der Waals surface area (Å²) in [6, 6.07) is -0.378. The van der Waals surface area contributed by atoms with Gasteiger partial charge in [-0.15, -0.1) is 0 Å². The average Bonchev–Trinajstić information content (AvgIpc) is 2.32. The first-order valence-corrected chi connectivity index (χ1v) is 6.94. The summed E-state index contributed by atoms with van der Waals surface area (Å²) in [5.41, 5.74) is 0. The Balaban J connectivity index is 4.61. The fraction of sp³-hybridized carbons (Fsp3) is 0.800. The number of likely N-dealkylation sites (N-methyl/N-ethyl adjacent to an activating group) is 1. The van der Waals surface area contributed by atoms with Gasteiger partial charge in [0, 0.05) is 6.42 Å². The molecule has 1 N–H and O–H groups in total. The number of hydrogen-bond donors (Lipinski definition) is 1. The Morgan fingerprint density at radius 2 is 2.00 bits per heavy atom. The normalized spacial score (nSPS) is 17.1. The van der Waals surface area contributed by atoms with E-state index in [1.54, 1.807) is 0 Å². The number of rotatable bonds is 9. The lowest BCUT2D eigenvalue weighted by molar-refractivity contribution is -0.128. The van der Waals surface area contributed by atoms with Crippen molar-refractivity contribution in [3.63, 3.8) is 0 Å². The molecule has 0 bridgehead atoms. The second-order valence-electron chi connectivity index (χ2n) is 5.25. The summed E-state index contributed by atoms with van der Waals surface area (Å²) in [5.74, 6) is 0.251. The lowest BCUT2D eigenvalue weighted by Gasteiger charge is -2.31. The van der Waals surface area contributed by atoms with Gasteiger partial charge in [0.1, 0.15) is 0 Å². The highest BCUT2D eigenvalue weighted by atomic mass is 16.3. The first-order valence-electron chi connectivity index (χ1n) is 6.94. The third-order valence-electron chi connectivity index (χ3n) is 3.31. The molecule has 18 heavy (non-hydrogen) atoms. The molecule has 0 unspecified atom stereocenters. The van der Waals surface area contributed by atoms with Crippen molar-refractivity contribution in [3.8, 4) is 0 Å². The molecule has 0 aromatic carbocycles. The van der Waals surface area contributed by atoms with Crippen LogP contribution >= 0.6 is 0 Å². The Morgan fingerprint density at radius 1 is 1.39 bits per heavy atom. The first kappa shape index (κ1) is 17.3. The summed E-state index contributed by atoms with van der Waals surface area (Å²) in [5, 5.41) is 10.3. The van der Waals surface area contributed by atoms with E-state index in [1.165, 1.54) is 0 Å². The van der Waals surface area contributed by atoms with Crippen LogP contribution in [-0.2, 0) is 4.79 Å². The Bertz CT molecular complexity index is 261. The van der Waals surface area contributed by atoms with Gasteiger partial charge < -0.3 is 5.11 Å². The Kier molecular flexibility index (Phi) is 8.94. The third kappa shape index (κ3) is 5.78. The van der Waals surface area contributed by atoms with Crippen LogP contribution < -0.4 is 0 Å². The number of Topliss-reactive ketones (excluding diaryl/α,β-unsaturated/α-hetero) is 1. The maximum absolute atomic E-state index is 12.1. The summed E-state index contributed by atoms with van der Waals surface area (Å²) >= 11 is 0. The van der Waals surface area contributed by atoms with Crippen molar-refractivity contribution < 1.29 is 9.90 Å². The molecule has 0 aliphatic carbocycles. The molecule has 0 saturated carbocycles. The number of allylic oxidation sites excluding steroid dienone is 2. The summed E-state index contributed by atoms with van der Waals surface area (Å²) in [4.78, 5) is 14.0. The molecule has 0 aliphatic heterocycles. The number of carbonyl (C=O) groups excluding carboxylic acids is 1. The van der Waals surface area contributed by atoms with Crippen molar-refractivity contribution in [2.45, 2.75) is 58.6 Å². The molecule has 0 aromatic heterocycles. The van der Waals surface area contributed by atoms with Crippen LogP contribution in [0.25, 0.3) is 0 Å². The molecule has 0 rings (SSSR count). The third-order valence-corrected chi connectivity index (χ3v) is 3.31. The van der Waals surface area contributed by atoms with E-state index < -0.39 is 6.10 Å². The minimum absolute atomic E-state index is 0.0965.